The number of hydrogen-bond acceptors (Lipinski definition) is 5. The Hall–Kier alpha value is -0.890. The zero-order valence-corrected chi connectivity index (χ0v) is 16.5. The standard InChI is InChI=1S/C18H37N5O2/c1-18(2,23-9-12-25-13-10-23)15-21-17(19-3)20-14-16-6-5-7-22(16)8-11-24-4/h16H,5-15H2,1-4H3,(H2,19,20,21). The molecule has 146 valence electrons. The van der Waals surface area contributed by atoms with Crippen LogP contribution in [0.5, 0.6) is 0 Å². The topological polar surface area (TPSA) is 61.4 Å². The lowest BCUT2D eigenvalue weighted by Crippen LogP contribution is -2.57. The lowest BCUT2D eigenvalue weighted by atomic mass is 10.0. The molecule has 0 aliphatic carbocycles. The summed E-state index contributed by atoms with van der Waals surface area (Å²) in [7, 11) is 3.61. The highest BCUT2D eigenvalue weighted by molar-refractivity contribution is 5.79. The van der Waals surface area contributed by atoms with E-state index < -0.39 is 0 Å². The van der Waals surface area contributed by atoms with E-state index >= 15 is 0 Å². The highest BCUT2D eigenvalue weighted by Crippen LogP contribution is 2.16. The van der Waals surface area contributed by atoms with Crippen molar-refractivity contribution in [1.82, 2.24) is 20.4 Å². The van der Waals surface area contributed by atoms with Crippen LogP contribution < -0.4 is 10.6 Å². The molecule has 0 aromatic rings. The van der Waals surface area contributed by atoms with Crippen molar-refractivity contribution >= 4 is 5.96 Å². The second-order valence-corrected chi connectivity index (χ2v) is 7.54. The Morgan fingerprint density at radius 2 is 2.00 bits per heavy atom. The van der Waals surface area contributed by atoms with Crippen molar-refractivity contribution in [3.63, 3.8) is 0 Å². The van der Waals surface area contributed by atoms with Gasteiger partial charge in [-0.15, -0.1) is 0 Å². The van der Waals surface area contributed by atoms with Gasteiger partial charge < -0.3 is 20.1 Å². The van der Waals surface area contributed by atoms with Gasteiger partial charge in [0.2, 0.25) is 0 Å². The molecular weight excluding hydrogens is 318 g/mol. The molecule has 7 nitrogen and oxygen atoms in total. The number of guanidine groups is 1. The Bertz CT molecular complexity index is 410. The summed E-state index contributed by atoms with van der Waals surface area (Å²) in [6.45, 7) is 13.0. The molecule has 0 saturated carbocycles. The fraction of sp³-hybridized carbons (Fsp3) is 0.944. The summed E-state index contributed by atoms with van der Waals surface area (Å²) in [5.74, 6) is 0.889. The Labute approximate surface area is 153 Å². The van der Waals surface area contributed by atoms with Crippen LogP contribution in [-0.4, -0.2) is 101 Å². The molecule has 0 amide bonds. The number of morpholine rings is 1. The SMILES string of the molecule is CN=C(NCC1CCCN1CCOC)NCC(C)(C)N1CCOCC1. The first-order valence-electron chi connectivity index (χ1n) is 9.57. The van der Waals surface area contributed by atoms with Crippen molar-refractivity contribution < 1.29 is 9.47 Å². The molecule has 2 aliphatic rings. The molecule has 2 heterocycles. The quantitative estimate of drug-likeness (QED) is 0.485. The van der Waals surface area contributed by atoms with E-state index in [1.165, 1.54) is 19.4 Å². The van der Waals surface area contributed by atoms with Crippen LogP contribution in [0.4, 0.5) is 0 Å². The average Bonchev–Trinajstić information content (AvgIpc) is 3.08. The molecule has 0 aromatic carbocycles. The van der Waals surface area contributed by atoms with Gasteiger partial charge in [0, 0.05) is 58.5 Å². The van der Waals surface area contributed by atoms with Gasteiger partial charge >= 0.3 is 0 Å². The summed E-state index contributed by atoms with van der Waals surface area (Å²) < 4.78 is 10.7. The summed E-state index contributed by atoms with van der Waals surface area (Å²) in [6, 6.07) is 0.570. The van der Waals surface area contributed by atoms with Gasteiger partial charge in [-0.25, -0.2) is 0 Å². The van der Waals surface area contributed by atoms with Crippen LogP contribution in [-0.2, 0) is 9.47 Å². The first kappa shape index (κ1) is 20.4. The zero-order valence-electron chi connectivity index (χ0n) is 16.5. The minimum Gasteiger partial charge on any atom is -0.383 e. The maximum Gasteiger partial charge on any atom is 0.191 e. The highest BCUT2D eigenvalue weighted by Gasteiger charge is 2.28. The first-order chi connectivity index (χ1) is 12.1. The third kappa shape index (κ3) is 6.40. The van der Waals surface area contributed by atoms with Crippen molar-refractivity contribution in [1.29, 1.82) is 0 Å². The van der Waals surface area contributed by atoms with E-state index in [9.17, 15) is 0 Å². The molecule has 25 heavy (non-hydrogen) atoms. The van der Waals surface area contributed by atoms with E-state index in [1.807, 2.05) is 7.05 Å². The van der Waals surface area contributed by atoms with Gasteiger partial charge in [0.25, 0.3) is 0 Å². The van der Waals surface area contributed by atoms with Gasteiger partial charge in [0.15, 0.2) is 5.96 Å². The fourth-order valence-corrected chi connectivity index (χ4v) is 3.64. The molecule has 2 N–H and O–H groups in total. The Morgan fingerprint density at radius 1 is 1.24 bits per heavy atom. The maximum absolute atomic E-state index is 5.46. The smallest absolute Gasteiger partial charge is 0.191 e. The lowest BCUT2D eigenvalue weighted by molar-refractivity contribution is -0.00834. The van der Waals surface area contributed by atoms with Crippen molar-refractivity contribution in [2.45, 2.75) is 38.3 Å². The molecule has 0 bridgehead atoms. The minimum atomic E-state index is 0.0826. The number of nitrogens with zero attached hydrogens (tertiary/aromatic N) is 3. The summed E-state index contributed by atoms with van der Waals surface area (Å²) >= 11 is 0. The Kier molecular flexibility index (Phi) is 8.42. The monoisotopic (exact) mass is 355 g/mol. The molecule has 2 aliphatic heterocycles. The number of hydrogen-bond donors (Lipinski definition) is 2. The third-order valence-corrected chi connectivity index (χ3v) is 5.37. The molecule has 0 spiro atoms. The van der Waals surface area contributed by atoms with E-state index in [0.29, 0.717) is 6.04 Å². The molecule has 7 heteroatoms. The molecule has 2 saturated heterocycles. The van der Waals surface area contributed by atoms with Gasteiger partial charge in [-0.1, -0.05) is 0 Å². The maximum atomic E-state index is 5.46. The summed E-state index contributed by atoms with van der Waals surface area (Å²) in [4.78, 5) is 9.39. The van der Waals surface area contributed by atoms with Crippen molar-refractivity contribution in [3.8, 4) is 0 Å². The van der Waals surface area contributed by atoms with Crippen molar-refractivity contribution in [2.75, 3.05) is 73.2 Å². The number of likely N-dealkylation sites (tertiary alicyclic amines) is 1. The molecule has 2 fully saturated rings. The Balaban J connectivity index is 1.74. The van der Waals surface area contributed by atoms with E-state index in [0.717, 1.165) is 58.5 Å². The van der Waals surface area contributed by atoms with Crippen LogP contribution in [0.1, 0.15) is 26.7 Å². The predicted octanol–water partition coefficient (Wildman–Crippen LogP) is 0.373. The van der Waals surface area contributed by atoms with E-state index in [2.05, 4.69) is 39.3 Å². The highest BCUT2D eigenvalue weighted by atomic mass is 16.5. The lowest BCUT2D eigenvalue weighted by Gasteiger charge is -2.41. The van der Waals surface area contributed by atoms with E-state index in [4.69, 9.17) is 9.47 Å². The molecular formula is C18H37N5O2. The summed E-state index contributed by atoms with van der Waals surface area (Å²) in [6.07, 6.45) is 2.51. The summed E-state index contributed by atoms with van der Waals surface area (Å²) in [5, 5.41) is 7.01. The number of methoxy groups -OCH3 is 1. The van der Waals surface area contributed by atoms with Crippen LogP contribution in [0.25, 0.3) is 0 Å². The average molecular weight is 356 g/mol. The van der Waals surface area contributed by atoms with E-state index in [-0.39, 0.29) is 5.54 Å². The third-order valence-electron chi connectivity index (χ3n) is 5.37. The van der Waals surface area contributed by atoms with Gasteiger partial charge in [-0.05, 0) is 33.2 Å². The molecule has 0 aromatic heterocycles. The van der Waals surface area contributed by atoms with Gasteiger partial charge in [-0.2, -0.15) is 0 Å². The summed E-state index contributed by atoms with van der Waals surface area (Å²) in [5.41, 5.74) is 0.0826. The molecule has 2 rings (SSSR count). The molecule has 1 unspecified atom stereocenters. The Morgan fingerprint density at radius 3 is 2.68 bits per heavy atom. The zero-order chi connectivity index (χ0) is 18.1. The van der Waals surface area contributed by atoms with Gasteiger partial charge in [0.05, 0.1) is 19.8 Å². The van der Waals surface area contributed by atoms with Crippen LogP contribution in [0, 0.1) is 0 Å². The second kappa shape index (κ2) is 10.3. The van der Waals surface area contributed by atoms with Crippen LogP contribution in [0.15, 0.2) is 4.99 Å². The number of aliphatic imine (C=N–C) groups is 1. The molecule has 0 radical (unpaired) electrons. The van der Waals surface area contributed by atoms with Crippen molar-refractivity contribution in [2.24, 2.45) is 4.99 Å². The predicted molar refractivity (Wildman–Crippen MR) is 102 cm³/mol. The van der Waals surface area contributed by atoms with Crippen LogP contribution >= 0.6 is 0 Å². The van der Waals surface area contributed by atoms with Gasteiger partial charge in [-0.3, -0.25) is 14.8 Å². The fourth-order valence-electron chi connectivity index (χ4n) is 3.64. The van der Waals surface area contributed by atoms with Gasteiger partial charge in [0.1, 0.15) is 0 Å². The molecule has 1 atom stereocenters. The van der Waals surface area contributed by atoms with Crippen LogP contribution in [0.2, 0.25) is 0 Å². The second-order valence-electron chi connectivity index (χ2n) is 7.54. The van der Waals surface area contributed by atoms with Crippen LogP contribution in [0.3, 0.4) is 0 Å². The largest absolute Gasteiger partial charge is 0.383 e. The normalized spacial score (nSPS) is 23.8. The first-order valence-corrected chi connectivity index (χ1v) is 9.57. The number of ether oxygens (including phenoxy) is 2. The van der Waals surface area contributed by atoms with Crippen molar-refractivity contribution in [3.05, 3.63) is 0 Å². The minimum absolute atomic E-state index is 0.0826. The number of nitrogens with one attached hydrogen (secondary N) is 2. The number of rotatable bonds is 8. The van der Waals surface area contributed by atoms with E-state index in [1.54, 1.807) is 7.11 Å².